The standard InChI is InChI=1S/C23H46O3/c1-3-4-5-6-7-8-10-13-16-19-22(24)20-17-14-11-9-12-15-18-21-23(25)26-2/h22,24H,3-21H2,1-2H3. The summed E-state index contributed by atoms with van der Waals surface area (Å²) in [5.41, 5.74) is 0. The molecule has 3 nitrogen and oxygen atoms in total. The van der Waals surface area contributed by atoms with Crippen molar-refractivity contribution >= 4 is 5.97 Å². The molecule has 0 aliphatic heterocycles. The molecule has 3 heteroatoms. The summed E-state index contributed by atoms with van der Waals surface area (Å²) >= 11 is 0. The average Bonchev–Trinajstić information content (AvgIpc) is 2.65. The maximum atomic E-state index is 11.0. The smallest absolute Gasteiger partial charge is 0.305 e. The van der Waals surface area contributed by atoms with Crippen LogP contribution >= 0.6 is 0 Å². The number of methoxy groups -OCH3 is 1. The number of carbonyl (C=O) groups is 1. The Morgan fingerprint density at radius 1 is 0.692 bits per heavy atom. The molecule has 0 bridgehead atoms. The van der Waals surface area contributed by atoms with Crippen molar-refractivity contribution in [2.24, 2.45) is 0 Å². The van der Waals surface area contributed by atoms with Crippen molar-refractivity contribution in [3.05, 3.63) is 0 Å². The number of rotatable bonds is 20. The van der Waals surface area contributed by atoms with Gasteiger partial charge in [-0.15, -0.1) is 0 Å². The van der Waals surface area contributed by atoms with Crippen LogP contribution in [0.3, 0.4) is 0 Å². The highest BCUT2D eigenvalue weighted by Gasteiger charge is 2.04. The van der Waals surface area contributed by atoms with Crippen molar-refractivity contribution in [2.75, 3.05) is 7.11 Å². The van der Waals surface area contributed by atoms with Gasteiger partial charge in [0.15, 0.2) is 0 Å². The van der Waals surface area contributed by atoms with E-state index in [1.807, 2.05) is 0 Å². The topological polar surface area (TPSA) is 46.5 Å². The fourth-order valence-electron chi connectivity index (χ4n) is 3.47. The normalized spacial score (nSPS) is 12.3. The van der Waals surface area contributed by atoms with Gasteiger partial charge in [-0.2, -0.15) is 0 Å². The van der Waals surface area contributed by atoms with Crippen molar-refractivity contribution in [3.8, 4) is 0 Å². The van der Waals surface area contributed by atoms with E-state index in [0.29, 0.717) is 6.42 Å². The van der Waals surface area contributed by atoms with E-state index in [1.165, 1.54) is 90.6 Å². The molecule has 1 N–H and O–H groups in total. The van der Waals surface area contributed by atoms with Crippen molar-refractivity contribution < 1.29 is 14.6 Å². The Morgan fingerprint density at radius 3 is 1.50 bits per heavy atom. The summed E-state index contributed by atoms with van der Waals surface area (Å²) in [6, 6.07) is 0. The summed E-state index contributed by atoms with van der Waals surface area (Å²) in [5.74, 6) is -0.0917. The van der Waals surface area contributed by atoms with Crippen LogP contribution in [0.4, 0.5) is 0 Å². The molecule has 1 atom stereocenters. The monoisotopic (exact) mass is 370 g/mol. The van der Waals surface area contributed by atoms with Gasteiger partial charge < -0.3 is 9.84 Å². The maximum absolute atomic E-state index is 11.0. The number of carbonyl (C=O) groups excluding carboxylic acids is 1. The average molecular weight is 371 g/mol. The summed E-state index contributed by atoms with van der Waals surface area (Å²) in [7, 11) is 1.45. The van der Waals surface area contributed by atoms with Crippen LogP contribution in [0, 0.1) is 0 Å². The molecule has 0 heterocycles. The third kappa shape index (κ3) is 19.8. The minimum absolute atomic E-state index is 0.0837. The van der Waals surface area contributed by atoms with E-state index in [-0.39, 0.29) is 12.1 Å². The quantitative estimate of drug-likeness (QED) is 0.186. The molecular formula is C23H46O3. The van der Waals surface area contributed by atoms with E-state index in [9.17, 15) is 9.90 Å². The van der Waals surface area contributed by atoms with Crippen LogP contribution in [-0.2, 0) is 9.53 Å². The Kier molecular flexibility index (Phi) is 20.3. The second-order valence-corrected chi connectivity index (χ2v) is 7.86. The van der Waals surface area contributed by atoms with Gasteiger partial charge in [0.1, 0.15) is 0 Å². The first-order valence-corrected chi connectivity index (χ1v) is 11.5. The van der Waals surface area contributed by atoms with Crippen LogP contribution in [-0.4, -0.2) is 24.3 Å². The zero-order chi connectivity index (χ0) is 19.3. The molecule has 0 amide bonds. The summed E-state index contributed by atoms with van der Waals surface area (Å²) in [6.07, 6.45) is 22.7. The molecule has 0 radical (unpaired) electrons. The van der Waals surface area contributed by atoms with Crippen molar-refractivity contribution in [1.82, 2.24) is 0 Å². The fourth-order valence-corrected chi connectivity index (χ4v) is 3.47. The number of aliphatic hydroxyl groups is 1. The summed E-state index contributed by atoms with van der Waals surface area (Å²) < 4.78 is 4.63. The third-order valence-corrected chi connectivity index (χ3v) is 5.29. The van der Waals surface area contributed by atoms with Gasteiger partial charge in [0.05, 0.1) is 13.2 Å². The molecule has 1 unspecified atom stereocenters. The first-order chi connectivity index (χ1) is 12.7. The molecule has 0 aromatic rings. The lowest BCUT2D eigenvalue weighted by atomic mass is 10.0. The van der Waals surface area contributed by atoms with Gasteiger partial charge in [-0.3, -0.25) is 4.79 Å². The van der Waals surface area contributed by atoms with Gasteiger partial charge in [-0.25, -0.2) is 0 Å². The summed E-state index contributed by atoms with van der Waals surface area (Å²) in [6.45, 7) is 2.27. The highest BCUT2D eigenvalue weighted by Crippen LogP contribution is 2.15. The largest absolute Gasteiger partial charge is 0.469 e. The number of ether oxygens (including phenoxy) is 1. The van der Waals surface area contributed by atoms with Crippen LogP contribution in [0.25, 0.3) is 0 Å². The second-order valence-electron chi connectivity index (χ2n) is 7.86. The zero-order valence-corrected chi connectivity index (χ0v) is 17.8. The lowest BCUT2D eigenvalue weighted by Crippen LogP contribution is -2.05. The van der Waals surface area contributed by atoms with Crippen LogP contribution in [0.15, 0.2) is 0 Å². The van der Waals surface area contributed by atoms with Gasteiger partial charge in [0.25, 0.3) is 0 Å². The number of hydrogen-bond acceptors (Lipinski definition) is 3. The van der Waals surface area contributed by atoms with Crippen molar-refractivity contribution in [3.63, 3.8) is 0 Å². The van der Waals surface area contributed by atoms with Gasteiger partial charge in [0, 0.05) is 6.42 Å². The zero-order valence-electron chi connectivity index (χ0n) is 17.8. The number of aliphatic hydroxyl groups excluding tert-OH is 1. The van der Waals surface area contributed by atoms with Crippen LogP contribution in [0.2, 0.25) is 0 Å². The first kappa shape index (κ1) is 25.4. The van der Waals surface area contributed by atoms with E-state index in [0.717, 1.165) is 32.1 Å². The summed E-state index contributed by atoms with van der Waals surface area (Å²) in [5, 5.41) is 10.1. The van der Waals surface area contributed by atoms with Gasteiger partial charge in [-0.05, 0) is 19.3 Å². The molecule has 0 rings (SSSR count). The molecule has 156 valence electrons. The number of unbranched alkanes of at least 4 members (excludes halogenated alkanes) is 14. The lowest BCUT2D eigenvalue weighted by Gasteiger charge is -2.10. The molecule has 0 aliphatic rings. The van der Waals surface area contributed by atoms with Gasteiger partial charge in [-0.1, -0.05) is 103 Å². The molecule has 0 fully saturated rings. The minimum atomic E-state index is -0.0917. The number of esters is 1. The Hall–Kier alpha value is -0.570. The van der Waals surface area contributed by atoms with Gasteiger partial charge >= 0.3 is 5.97 Å². The molecule has 0 aromatic carbocycles. The number of hydrogen-bond donors (Lipinski definition) is 1. The SMILES string of the molecule is CCCCCCCCCCCC(O)CCCCCCCCCC(=O)OC. The van der Waals surface area contributed by atoms with E-state index < -0.39 is 0 Å². The van der Waals surface area contributed by atoms with Crippen molar-refractivity contribution in [2.45, 2.75) is 135 Å². The second kappa shape index (κ2) is 20.7. The van der Waals surface area contributed by atoms with E-state index in [4.69, 9.17) is 0 Å². The summed E-state index contributed by atoms with van der Waals surface area (Å²) in [4.78, 5) is 11.0. The Morgan fingerprint density at radius 2 is 1.08 bits per heavy atom. The van der Waals surface area contributed by atoms with Crippen LogP contribution in [0.5, 0.6) is 0 Å². The van der Waals surface area contributed by atoms with Crippen LogP contribution in [0.1, 0.15) is 129 Å². The predicted octanol–water partition coefficient (Wildman–Crippen LogP) is 6.95. The van der Waals surface area contributed by atoms with Crippen molar-refractivity contribution in [1.29, 1.82) is 0 Å². The minimum Gasteiger partial charge on any atom is -0.469 e. The Bertz CT molecular complexity index is 291. The molecular weight excluding hydrogens is 324 g/mol. The van der Waals surface area contributed by atoms with Gasteiger partial charge in [0.2, 0.25) is 0 Å². The molecule has 26 heavy (non-hydrogen) atoms. The lowest BCUT2D eigenvalue weighted by molar-refractivity contribution is -0.140. The third-order valence-electron chi connectivity index (χ3n) is 5.29. The maximum Gasteiger partial charge on any atom is 0.305 e. The molecule has 0 saturated carbocycles. The fraction of sp³-hybridized carbons (Fsp3) is 0.957. The first-order valence-electron chi connectivity index (χ1n) is 11.5. The molecule has 0 spiro atoms. The van der Waals surface area contributed by atoms with Crippen LogP contribution < -0.4 is 0 Å². The van der Waals surface area contributed by atoms with E-state index >= 15 is 0 Å². The van der Waals surface area contributed by atoms with E-state index in [1.54, 1.807) is 0 Å². The van der Waals surface area contributed by atoms with E-state index in [2.05, 4.69) is 11.7 Å². The predicted molar refractivity (Wildman–Crippen MR) is 111 cm³/mol. The molecule has 0 aliphatic carbocycles. The highest BCUT2D eigenvalue weighted by molar-refractivity contribution is 5.68. The molecule has 0 aromatic heterocycles. The molecule has 0 saturated heterocycles. The highest BCUT2D eigenvalue weighted by atomic mass is 16.5. The Labute approximate surface area is 163 Å². The Balaban J connectivity index is 3.17.